The van der Waals surface area contributed by atoms with E-state index in [9.17, 15) is 0 Å². The summed E-state index contributed by atoms with van der Waals surface area (Å²) in [6.07, 6.45) is 0. The Kier molecular flexibility index (Phi) is 5.30. The highest BCUT2D eigenvalue weighted by molar-refractivity contribution is 7.27. The number of thiophene rings is 1. The van der Waals surface area contributed by atoms with Crippen molar-refractivity contribution in [1.82, 2.24) is 9.55 Å². The lowest BCUT2D eigenvalue weighted by molar-refractivity contribution is 0.00578. The van der Waals surface area contributed by atoms with Crippen LogP contribution >= 0.6 is 11.3 Å². The summed E-state index contributed by atoms with van der Waals surface area (Å²) in [4.78, 5) is 5.27. The van der Waals surface area contributed by atoms with Crippen molar-refractivity contribution < 1.29 is 9.31 Å². The van der Waals surface area contributed by atoms with E-state index in [0.717, 1.165) is 33.4 Å². The average molecular weight is 553 g/mol. The Bertz CT molecular complexity index is 2100. The Morgan fingerprint density at radius 2 is 1.37 bits per heavy atom. The molecule has 4 aromatic carbocycles. The third kappa shape index (κ3) is 3.64. The lowest BCUT2D eigenvalue weighted by Crippen LogP contribution is -2.41. The van der Waals surface area contributed by atoms with E-state index in [1.807, 2.05) is 11.3 Å². The highest BCUT2D eigenvalue weighted by atomic mass is 32.1. The van der Waals surface area contributed by atoms with E-state index in [2.05, 4.69) is 135 Å². The van der Waals surface area contributed by atoms with Crippen molar-refractivity contribution in [2.24, 2.45) is 0 Å². The molecule has 0 saturated carbocycles. The maximum atomic E-state index is 6.46. The first-order chi connectivity index (χ1) is 19.8. The number of rotatable bonds is 3. The monoisotopic (exact) mass is 552 g/mol. The lowest BCUT2D eigenvalue weighted by atomic mass is 9.79. The van der Waals surface area contributed by atoms with Gasteiger partial charge in [-0.25, -0.2) is 4.98 Å². The molecule has 1 aliphatic rings. The molecule has 41 heavy (non-hydrogen) atoms. The standard InChI is InChI=1S/C35H29BN2O2S/c1-34(2)35(3,4)40-36(39-34)23-19-20-26-28(21-23)38(24-15-9-6-10-16-24)31-29-30(22-13-7-5-8-14-22)37-27-18-12-11-17-25(27)32(29)41-33(26)31/h5-21H,1-4H3. The second-order valence-corrected chi connectivity index (χ2v) is 12.9. The van der Waals surface area contributed by atoms with Gasteiger partial charge in [0, 0.05) is 32.1 Å². The molecule has 1 saturated heterocycles. The largest absolute Gasteiger partial charge is 0.494 e. The quantitative estimate of drug-likeness (QED) is 0.206. The van der Waals surface area contributed by atoms with Crippen LogP contribution in [-0.2, 0) is 9.31 Å². The number of fused-ring (bicyclic) bond motifs is 7. The van der Waals surface area contributed by atoms with Gasteiger partial charge in [0.05, 0.1) is 38.1 Å². The molecule has 0 amide bonds. The molecule has 0 aliphatic carbocycles. The van der Waals surface area contributed by atoms with Gasteiger partial charge in [0.15, 0.2) is 0 Å². The predicted molar refractivity (Wildman–Crippen MR) is 173 cm³/mol. The minimum absolute atomic E-state index is 0.401. The van der Waals surface area contributed by atoms with Gasteiger partial charge in [-0.1, -0.05) is 78.9 Å². The van der Waals surface area contributed by atoms with Crippen LogP contribution in [0.25, 0.3) is 59.1 Å². The molecule has 0 bridgehead atoms. The summed E-state index contributed by atoms with van der Waals surface area (Å²) in [7, 11) is -0.427. The number of aromatic nitrogens is 2. The van der Waals surface area contributed by atoms with E-state index < -0.39 is 18.3 Å². The molecular weight excluding hydrogens is 523 g/mol. The van der Waals surface area contributed by atoms with Crippen LogP contribution in [0.2, 0.25) is 0 Å². The fourth-order valence-corrected chi connectivity index (χ4v) is 7.34. The summed E-state index contributed by atoms with van der Waals surface area (Å²) in [5.74, 6) is 0. The van der Waals surface area contributed by atoms with Gasteiger partial charge in [-0.15, -0.1) is 11.3 Å². The Morgan fingerprint density at radius 1 is 0.707 bits per heavy atom. The number of nitrogens with zero attached hydrogens (tertiary/aromatic N) is 2. The van der Waals surface area contributed by atoms with Gasteiger partial charge in [0.1, 0.15) is 0 Å². The Labute approximate surface area is 243 Å². The number of hydrogen-bond donors (Lipinski definition) is 0. The topological polar surface area (TPSA) is 36.3 Å². The van der Waals surface area contributed by atoms with Crippen LogP contribution in [0.3, 0.4) is 0 Å². The maximum Gasteiger partial charge on any atom is 0.494 e. The minimum atomic E-state index is -0.427. The zero-order valence-corrected chi connectivity index (χ0v) is 24.3. The molecule has 7 aromatic rings. The second-order valence-electron chi connectivity index (χ2n) is 11.9. The summed E-state index contributed by atoms with van der Waals surface area (Å²) < 4.78 is 17.8. The number of para-hydroxylation sites is 2. The molecule has 0 atom stereocenters. The first-order valence-corrected chi connectivity index (χ1v) is 14.9. The summed E-state index contributed by atoms with van der Waals surface area (Å²) in [5.41, 5.74) is 6.81. The average Bonchev–Trinajstić information content (AvgIpc) is 3.59. The molecule has 3 aromatic heterocycles. The van der Waals surface area contributed by atoms with Gasteiger partial charge >= 0.3 is 7.12 Å². The van der Waals surface area contributed by atoms with E-state index in [4.69, 9.17) is 14.3 Å². The van der Waals surface area contributed by atoms with Crippen molar-refractivity contribution in [2.75, 3.05) is 0 Å². The number of benzene rings is 4. The number of hydrogen-bond acceptors (Lipinski definition) is 4. The van der Waals surface area contributed by atoms with Crippen LogP contribution in [0.4, 0.5) is 0 Å². The number of pyridine rings is 1. The second kappa shape index (κ2) is 8.77. The van der Waals surface area contributed by atoms with Crippen molar-refractivity contribution in [2.45, 2.75) is 38.9 Å². The molecule has 0 N–H and O–H groups in total. The zero-order valence-electron chi connectivity index (χ0n) is 23.5. The van der Waals surface area contributed by atoms with Gasteiger partial charge < -0.3 is 13.9 Å². The summed E-state index contributed by atoms with van der Waals surface area (Å²) in [5, 5.41) is 3.59. The fourth-order valence-electron chi connectivity index (χ4n) is 5.99. The minimum Gasteiger partial charge on any atom is -0.399 e. The molecule has 0 unspecified atom stereocenters. The van der Waals surface area contributed by atoms with Crippen LogP contribution in [0, 0.1) is 0 Å². The van der Waals surface area contributed by atoms with Gasteiger partial charge in [-0.2, -0.15) is 0 Å². The third-order valence-corrected chi connectivity index (χ3v) is 10.1. The van der Waals surface area contributed by atoms with E-state index in [-0.39, 0.29) is 0 Å². The zero-order chi connectivity index (χ0) is 27.9. The van der Waals surface area contributed by atoms with Crippen molar-refractivity contribution in [1.29, 1.82) is 0 Å². The van der Waals surface area contributed by atoms with Crippen molar-refractivity contribution in [3.05, 3.63) is 103 Å². The molecule has 0 radical (unpaired) electrons. The maximum absolute atomic E-state index is 6.46. The predicted octanol–water partition coefficient (Wildman–Crippen LogP) is 8.51. The Hall–Kier alpha value is -3.97. The molecule has 8 rings (SSSR count). The molecular formula is C35H29BN2O2S. The SMILES string of the molecule is CC1(C)OB(c2ccc3c4sc5c6ccccc6nc(-c6ccccc6)c5c4n(-c4ccccc4)c3c2)OC1(C)C. The van der Waals surface area contributed by atoms with Crippen molar-refractivity contribution in [3.8, 4) is 16.9 Å². The fraction of sp³-hybridized carbons (Fsp3) is 0.171. The molecule has 200 valence electrons. The van der Waals surface area contributed by atoms with E-state index in [1.165, 1.54) is 31.1 Å². The Balaban J connectivity index is 1.50. The van der Waals surface area contributed by atoms with Gasteiger partial charge in [0.25, 0.3) is 0 Å². The van der Waals surface area contributed by atoms with Crippen LogP contribution in [0.5, 0.6) is 0 Å². The summed E-state index contributed by atoms with van der Waals surface area (Å²) in [6, 6.07) is 36.3. The van der Waals surface area contributed by atoms with Crippen LogP contribution in [0.15, 0.2) is 103 Å². The van der Waals surface area contributed by atoms with Crippen LogP contribution in [-0.4, -0.2) is 27.9 Å². The highest BCUT2D eigenvalue weighted by Gasteiger charge is 2.51. The van der Waals surface area contributed by atoms with E-state index in [1.54, 1.807) is 0 Å². The lowest BCUT2D eigenvalue weighted by Gasteiger charge is -2.32. The van der Waals surface area contributed by atoms with Crippen molar-refractivity contribution >= 4 is 66.0 Å². The summed E-state index contributed by atoms with van der Waals surface area (Å²) in [6.45, 7) is 8.40. The first kappa shape index (κ1) is 24.8. The van der Waals surface area contributed by atoms with Gasteiger partial charge in [-0.05, 0) is 57.4 Å². The highest BCUT2D eigenvalue weighted by Crippen LogP contribution is 2.47. The van der Waals surface area contributed by atoms with Crippen LogP contribution in [0.1, 0.15) is 27.7 Å². The molecule has 4 heterocycles. The molecule has 4 nitrogen and oxygen atoms in total. The van der Waals surface area contributed by atoms with Gasteiger partial charge in [-0.3, -0.25) is 0 Å². The molecule has 1 fully saturated rings. The van der Waals surface area contributed by atoms with E-state index in [0.29, 0.717) is 0 Å². The molecule has 1 aliphatic heterocycles. The smallest absolute Gasteiger partial charge is 0.399 e. The normalized spacial score (nSPS) is 16.4. The summed E-state index contributed by atoms with van der Waals surface area (Å²) >= 11 is 1.86. The van der Waals surface area contributed by atoms with Crippen LogP contribution < -0.4 is 5.46 Å². The first-order valence-electron chi connectivity index (χ1n) is 14.1. The van der Waals surface area contributed by atoms with Gasteiger partial charge in [0.2, 0.25) is 0 Å². The molecule has 6 heteroatoms. The molecule has 0 spiro atoms. The third-order valence-electron chi connectivity index (χ3n) is 8.82. The van der Waals surface area contributed by atoms with Crippen molar-refractivity contribution in [3.63, 3.8) is 0 Å². The Morgan fingerprint density at radius 3 is 2.10 bits per heavy atom. The van der Waals surface area contributed by atoms with E-state index >= 15 is 0 Å².